The highest BCUT2D eigenvalue weighted by Gasteiger charge is 2.21. The first-order valence-electron chi connectivity index (χ1n) is 9.67. The number of carbonyl (C=O) groups excluding carboxylic acids is 2. The van der Waals surface area contributed by atoms with Crippen LogP contribution in [0.1, 0.15) is 52.8 Å². The molecule has 0 radical (unpaired) electrons. The van der Waals surface area contributed by atoms with E-state index < -0.39 is 0 Å². The Balaban J connectivity index is 1.54. The molecule has 1 aliphatic rings. The summed E-state index contributed by atoms with van der Waals surface area (Å²) in [5.41, 5.74) is 9.71. The number of carbonyl (C=O) groups is 2. The Morgan fingerprint density at radius 1 is 1.24 bits per heavy atom. The minimum atomic E-state index is -0.338. The molecule has 3 heterocycles. The van der Waals surface area contributed by atoms with Gasteiger partial charge in [0.15, 0.2) is 5.13 Å². The maximum Gasteiger partial charge on any atom is 0.311 e. The monoisotopic (exact) mass is 430 g/mol. The summed E-state index contributed by atoms with van der Waals surface area (Å²) in [4.78, 5) is 34.7. The number of anilines is 2. The lowest BCUT2D eigenvalue weighted by atomic mass is 10.1. The van der Waals surface area contributed by atoms with Gasteiger partial charge in [-0.2, -0.15) is 0 Å². The molecule has 152 valence electrons. The van der Waals surface area contributed by atoms with E-state index in [0.29, 0.717) is 28.0 Å². The van der Waals surface area contributed by atoms with Gasteiger partial charge in [0, 0.05) is 16.5 Å². The van der Waals surface area contributed by atoms with Crippen molar-refractivity contribution in [1.82, 2.24) is 9.97 Å². The van der Waals surface area contributed by atoms with E-state index in [9.17, 15) is 9.59 Å². The molecule has 29 heavy (non-hydrogen) atoms. The number of pyridine rings is 1. The molecule has 3 N–H and O–H groups in total. The van der Waals surface area contributed by atoms with Gasteiger partial charge in [0.25, 0.3) is 5.91 Å². The molecule has 0 bridgehead atoms. The standard InChI is InChI=1S/C20H22N4O3S2/c1-2-27-15(25)9-12-10-28-20(22-12)24-18(26)17-16(21)13-8-11-6-4-3-5-7-14(11)23-19(13)29-17/h8,10H,2-7,9,21H2,1H3,(H,22,24,26). The lowest BCUT2D eigenvalue weighted by Crippen LogP contribution is -2.12. The van der Waals surface area contributed by atoms with E-state index in [1.165, 1.54) is 34.7 Å². The molecule has 0 atom stereocenters. The highest BCUT2D eigenvalue weighted by atomic mass is 32.1. The van der Waals surface area contributed by atoms with Crippen LogP contribution >= 0.6 is 22.7 Å². The first-order valence-corrected chi connectivity index (χ1v) is 11.4. The van der Waals surface area contributed by atoms with Gasteiger partial charge in [0.05, 0.1) is 24.4 Å². The number of thiophene rings is 1. The number of hydrogen-bond donors (Lipinski definition) is 2. The third kappa shape index (κ3) is 4.25. The van der Waals surface area contributed by atoms with Crippen molar-refractivity contribution in [3.8, 4) is 0 Å². The molecule has 3 aromatic rings. The van der Waals surface area contributed by atoms with Crippen molar-refractivity contribution in [2.24, 2.45) is 0 Å². The Morgan fingerprint density at radius 2 is 2.07 bits per heavy atom. The summed E-state index contributed by atoms with van der Waals surface area (Å²) in [5, 5.41) is 5.80. The predicted molar refractivity (Wildman–Crippen MR) is 116 cm³/mol. The molecule has 1 aliphatic carbocycles. The Kier molecular flexibility index (Phi) is 5.77. The zero-order valence-corrected chi connectivity index (χ0v) is 17.8. The molecule has 0 spiro atoms. The Labute approximate surface area is 176 Å². The number of hydrogen-bond acceptors (Lipinski definition) is 8. The Bertz CT molecular complexity index is 1070. The number of ether oxygens (including phenoxy) is 1. The van der Waals surface area contributed by atoms with E-state index in [0.717, 1.165) is 41.6 Å². The van der Waals surface area contributed by atoms with E-state index in [4.69, 9.17) is 15.5 Å². The fourth-order valence-electron chi connectivity index (χ4n) is 3.46. The topological polar surface area (TPSA) is 107 Å². The number of nitrogens with two attached hydrogens (primary N) is 1. The van der Waals surface area contributed by atoms with Gasteiger partial charge in [-0.15, -0.1) is 22.7 Å². The molecule has 0 fully saturated rings. The number of thiazole rings is 1. The quantitative estimate of drug-likeness (QED) is 0.469. The van der Waals surface area contributed by atoms with Crippen molar-refractivity contribution >= 4 is 55.6 Å². The van der Waals surface area contributed by atoms with Crippen molar-refractivity contribution in [1.29, 1.82) is 0 Å². The number of nitrogens with zero attached hydrogens (tertiary/aromatic N) is 2. The lowest BCUT2D eigenvalue weighted by Gasteiger charge is -2.04. The average Bonchev–Trinajstić information content (AvgIpc) is 3.16. The molecule has 1 amide bonds. The minimum Gasteiger partial charge on any atom is -0.466 e. The fourth-order valence-corrected chi connectivity index (χ4v) is 5.16. The summed E-state index contributed by atoms with van der Waals surface area (Å²) in [6.45, 7) is 2.09. The number of aryl methyl sites for hydroxylation is 2. The molecule has 0 saturated carbocycles. The molecular weight excluding hydrogens is 408 g/mol. The van der Waals surface area contributed by atoms with Crippen LogP contribution in [-0.2, 0) is 28.8 Å². The number of esters is 1. The first kappa shape index (κ1) is 19.8. The van der Waals surface area contributed by atoms with Gasteiger partial charge < -0.3 is 10.5 Å². The van der Waals surface area contributed by atoms with Crippen molar-refractivity contribution in [3.05, 3.63) is 33.3 Å². The zero-order valence-electron chi connectivity index (χ0n) is 16.1. The van der Waals surface area contributed by atoms with Crippen LogP contribution in [0, 0.1) is 0 Å². The van der Waals surface area contributed by atoms with Crippen LogP contribution in [0.15, 0.2) is 11.4 Å². The average molecular weight is 431 g/mol. The van der Waals surface area contributed by atoms with Crippen LogP contribution in [0.3, 0.4) is 0 Å². The minimum absolute atomic E-state index is 0.0840. The fraction of sp³-hybridized carbons (Fsp3) is 0.400. The van der Waals surface area contributed by atoms with Gasteiger partial charge in [-0.1, -0.05) is 6.42 Å². The van der Waals surface area contributed by atoms with E-state index in [2.05, 4.69) is 16.4 Å². The zero-order chi connectivity index (χ0) is 20.4. The normalized spacial score (nSPS) is 13.7. The summed E-state index contributed by atoms with van der Waals surface area (Å²) in [5.74, 6) is -0.645. The molecule has 9 heteroatoms. The molecule has 4 rings (SSSR count). The number of rotatable bonds is 5. The van der Waals surface area contributed by atoms with Crippen LogP contribution < -0.4 is 11.1 Å². The van der Waals surface area contributed by atoms with Crippen LogP contribution in [0.2, 0.25) is 0 Å². The highest BCUT2D eigenvalue weighted by molar-refractivity contribution is 7.21. The van der Waals surface area contributed by atoms with Gasteiger partial charge in [0.2, 0.25) is 0 Å². The smallest absolute Gasteiger partial charge is 0.311 e. The second kappa shape index (κ2) is 8.46. The van der Waals surface area contributed by atoms with Gasteiger partial charge in [0.1, 0.15) is 9.71 Å². The van der Waals surface area contributed by atoms with E-state index in [1.807, 2.05) is 0 Å². The molecule has 7 nitrogen and oxygen atoms in total. The van der Waals surface area contributed by atoms with Crippen molar-refractivity contribution in [2.75, 3.05) is 17.7 Å². The first-order chi connectivity index (χ1) is 14.0. The molecule has 0 aliphatic heterocycles. The number of aromatic nitrogens is 2. The largest absolute Gasteiger partial charge is 0.466 e. The number of fused-ring (bicyclic) bond motifs is 2. The maximum atomic E-state index is 12.8. The molecule has 0 aromatic carbocycles. The summed E-state index contributed by atoms with van der Waals surface area (Å²) in [6.07, 6.45) is 5.61. The van der Waals surface area contributed by atoms with Crippen LogP contribution in [0.4, 0.5) is 10.8 Å². The molecule has 0 saturated heterocycles. The van der Waals surface area contributed by atoms with Gasteiger partial charge >= 0.3 is 5.97 Å². The van der Waals surface area contributed by atoms with Gasteiger partial charge in [-0.25, -0.2) is 9.97 Å². The summed E-state index contributed by atoms with van der Waals surface area (Å²) >= 11 is 2.57. The lowest BCUT2D eigenvalue weighted by molar-refractivity contribution is -0.142. The van der Waals surface area contributed by atoms with E-state index in [-0.39, 0.29) is 18.3 Å². The third-order valence-electron chi connectivity index (χ3n) is 4.86. The van der Waals surface area contributed by atoms with Crippen molar-refractivity contribution in [3.63, 3.8) is 0 Å². The predicted octanol–water partition coefficient (Wildman–Crippen LogP) is 3.96. The Hall–Kier alpha value is -2.52. The van der Waals surface area contributed by atoms with Gasteiger partial charge in [-0.3, -0.25) is 14.9 Å². The molecular formula is C20H22N4O3S2. The number of nitrogens with one attached hydrogen (secondary N) is 1. The van der Waals surface area contributed by atoms with Gasteiger partial charge in [-0.05, 0) is 44.2 Å². The van der Waals surface area contributed by atoms with Crippen LogP contribution in [0.25, 0.3) is 10.2 Å². The van der Waals surface area contributed by atoms with E-state index in [1.54, 1.807) is 12.3 Å². The molecule has 0 unspecified atom stereocenters. The van der Waals surface area contributed by atoms with Crippen molar-refractivity contribution in [2.45, 2.75) is 45.4 Å². The second-order valence-electron chi connectivity index (χ2n) is 6.93. The Morgan fingerprint density at radius 3 is 2.90 bits per heavy atom. The van der Waals surface area contributed by atoms with Crippen molar-refractivity contribution < 1.29 is 14.3 Å². The summed E-state index contributed by atoms with van der Waals surface area (Å²) in [6, 6.07) is 2.10. The SMILES string of the molecule is CCOC(=O)Cc1csc(NC(=O)c2sc3nc4c(cc3c2N)CCCCC4)n1. The number of nitrogen functional groups attached to an aromatic ring is 1. The molecule has 3 aromatic heterocycles. The third-order valence-corrected chi connectivity index (χ3v) is 6.78. The van der Waals surface area contributed by atoms with E-state index >= 15 is 0 Å². The number of amides is 1. The van der Waals surface area contributed by atoms with Crippen LogP contribution in [0.5, 0.6) is 0 Å². The summed E-state index contributed by atoms with van der Waals surface area (Å²) < 4.78 is 4.92. The maximum absolute atomic E-state index is 12.8. The summed E-state index contributed by atoms with van der Waals surface area (Å²) in [7, 11) is 0. The highest BCUT2D eigenvalue weighted by Crippen LogP contribution is 2.35. The second-order valence-corrected chi connectivity index (χ2v) is 8.79. The van der Waals surface area contributed by atoms with Crippen LogP contribution in [-0.4, -0.2) is 28.5 Å².